The molecule has 0 aliphatic carbocycles. The van der Waals surface area contributed by atoms with Crippen molar-refractivity contribution in [2.24, 2.45) is 0 Å². The van der Waals surface area contributed by atoms with E-state index in [1.165, 1.54) is 5.56 Å². The van der Waals surface area contributed by atoms with E-state index < -0.39 is 0 Å². The van der Waals surface area contributed by atoms with Crippen LogP contribution >= 0.6 is 24.2 Å². The summed E-state index contributed by atoms with van der Waals surface area (Å²) in [6, 6.07) is 11.5. The molecule has 0 N–H and O–H groups in total. The quantitative estimate of drug-likeness (QED) is 0.801. The van der Waals surface area contributed by atoms with Gasteiger partial charge in [-0.2, -0.15) is 0 Å². The number of rotatable bonds is 5. The van der Waals surface area contributed by atoms with Crippen molar-refractivity contribution in [1.29, 1.82) is 0 Å². The second-order valence-electron chi connectivity index (χ2n) is 4.35. The number of halogens is 1. The van der Waals surface area contributed by atoms with Gasteiger partial charge in [0.25, 0.3) is 0 Å². The van der Waals surface area contributed by atoms with Gasteiger partial charge in [0, 0.05) is 10.5 Å². The molecule has 0 aliphatic rings. The number of hydrogen-bond donors (Lipinski definition) is 1. The second-order valence-corrected chi connectivity index (χ2v) is 5.28. The minimum absolute atomic E-state index is 0.429. The van der Waals surface area contributed by atoms with Gasteiger partial charge in [-0.25, -0.2) is 0 Å². The zero-order chi connectivity index (χ0) is 14.5. The summed E-state index contributed by atoms with van der Waals surface area (Å²) in [6.07, 6.45) is 0.930. The molecule has 0 spiro atoms. The van der Waals surface area contributed by atoms with Gasteiger partial charge in [0.05, 0.1) is 12.1 Å². The van der Waals surface area contributed by atoms with Gasteiger partial charge < -0.3 is 9.47 Å². The maximum Gasteiger partial charge on any atom is 0.138 e. The van der Waals surface area contributed by atoms with Crippen LogP contribution in [0.1, 0.15) is 18.1 Å². The smallest absolute Gasteiger partial charge is 0.138 e. The van der Waals surface area contributed by atoms with E-state index in [1.54, 1.807) is 13.2 Å². The molecule has 0 fully saturated rings. The minimum Gasteiger partial charge on any atom is -0.496 e. The molecule has 0 amide bonds. The topological polar surface area (TPSA) is 18.5 Å². The molecule has 2 nitrogen and oxygen atoms in total. The number of hydrogen-bond acceptors (Lipinski definition) is 3. The summed E-state index contributed by atoms with van der Waals surface area (Å²) >= 11 is 10.4. The Bertz CT molecular complexity index is 577. The van der Waals surface area contributed by atoms with E-state index in [4.69, 9.17) is 21.1 Å². The number of thiol groups is 1. The van der Waals surface area contributed by atoms with Gasteiger partial charge >= 0.3 is 0 Å². The lowest BCUT2D eigenvalue weighted by molar-refractivity contribution is 0.295. The van der Waals surface area contributed by atoms with Crippen molar-refractivity contribution >= 4 is 24.2 Å². The van der Waals surface area contributed by atoms with E-state index in [1.807, 2.05) is 24.3 Å². The Morgan fingerprint density at radius 1 is 1.15 bits per heavy atom. The van der Waals surface area contributed by atoms with Crippen molar-refractivity contribution in [3.63, 3.8) is 0 Å². The molecule has 2 rings (SSSR count). The van der Waals surface area contributed by atoms with Gasteiger partial charge in [-0.15, -0.1) is 12.6 Å². The lowest BCUT2D eigenvalue weighted by atomic mass is 10.0. The molecule has 20 heavy (non-hydrogen) atoms. The lowest BCUT2D eigenvalue weighted by Gasteiger charge is -2.14. The van der Waals surface area contributed by atoms with Crippen molar-refractivity contribution in [3.8, 4) is 11.5 Å². The van der Waals surface area contributed by atoms with Crippen LogP contribution in [0.2, 0.25) is 5.02 Å². The first-order valence-electron chi connectivity index (χ1n) is 6.41. The van der Waals surface area contributed by atoms with Crippen molar-refractivity contribution < 1.29 is 9.47 Å². The molecule has 0 aliphatic heterocycles. The molecular weight excluding hydrogens is 292 g/mol. The van der Waals surface area contributed by atoms with Crippen LogP contribution in [0.5, 0.6) is 11.5 Å². The summed E-state index contributed by atoms with van der Waals surface area (Å²) in [6.45, 7) is 2.54. The SMILES string of the molecule is CCc1cccc(OC)c1COc1ccc(S)cc1Cl. The molecule has 0 atom stereocenters. The molecule has 0 aromatic heterocycles. The lowest BCUT2D eigenvalue weighted by Crippen LogP contribution is -2.03. The Balaban J connectivity index is 2.22. The average molecular weight is 309 g/mol. The Kier molecular flexibility index (Phi) is 5.21. The van der Waals surface area contributed by atoms with Gasteiger partial charge in [-0.3, -0.25) is 0 Å². The van der Waals surface area contributed by atoms with Crippen LogP contribution < -0.4 is 9.47 Å². The minimum atomic E-state index is 0.429. The van der Waals surface area contributed by atoms with Crippen LogP contribution in [0, 0.1) is 0 Å². The Morgan fingerprint density at radius 2 is 1.95 bits per heavy atom. The maximum atomic E-state index is 6.14. The van der Waals surface area contributed by atoms with Crippen LogP contribution in [-0.4, -0.2) is 7.11 Å². The summed E-state index contributed by atoms with van der Waals surface area (Å²) in [4.78, 5) is 0.814. The number of methoxy groups -OCH3 is 1. The summed E-state index contributed by atoms with van der Waals surface area (Å²) in [5, 5.41) is 0.561. The standard InChI is InChI=1S/C16H17ClO2S/c1-3-11-5-4-6-15(18-2)13(11)10-19-16-8-7-12(20)9-14(16)17/h4-9,20H,3,10H2,1-2H3. The van der Waals surface area contributed by atoms with Crippen LogP contribution in [0.4, 0.5) is 0 Å². The fraction of sp³-hybridized carbons (Fsp3) is 0.250. The molecule has 2 aromatic carbocycles. The fourth-order valence-corrected chi connectivity index (χ4v) is 2.57. The number of aryl methyl sites for hydroxylation is 1. The van der Waals surface area contributed by atoms with E-state index >= 15 is 0 Å². The van der Waals surface area contributed by atoms with Gasteiger partial charge in [-0.1, -0.05) is 30.7 Å². The number of ether oxygens (including phenoxy) is 2. The van der Waals surface area contributed by atoms with Gasteiger partial charge in [-0.05, 0) is 36.2 Å². The molecule has 0 bridgehead atoms. The van der Waals surface area contributed by atoms with Crippen LogP contribution in [0.3, 0.4) is 0 Å². The Labute approximate surface area is 130 Å². The monoisotopic (exact) mass is 308 g/mol. The molecule has 0 unspecified atom stereocenters. The largest absolute Gasteiger partial charge is 0.496 e. The van der Waals surface area contributed by atoms with Crippen LogP contribution in [-0.2, 0) is 13.0 Å². The van der Waals surface area contributed by atoms with Gasteiger partial charge in [0.15, 0.2) is 0 Å². The predicted octanol–water partition coefficient (Wildman–Crippen LogP) is 4.78. The Hall–Kier alpha value is -1.32. The van der Waals surface area contributed by atoms with Gasteiger partial charge in [0.2, 0.25) is 0 Å². The highest BCUT2D eigenvalue weighted by Crippen LogP contribution is 2.29. The highest BCUT2D eigenvalue weighted by molar-refractivity contribution is 7.80. The highest BCUT2D eigenvalue weighted by atomic mass is 35.5. The van der Waals surface area contributed by atoms with Gasteiger partial charge in [0.1, 0.15) is 18.1 Å². The first-order chi connectivity index (χ1) is 9.65. The first kappa shape index (κ1) is 15.1. The summed E-state index contributed by atoms with van der Waals surface area (Å²) in [7, 11) is 1.67. The zero-order valence-electron chi connectivity index (χ0n) is 11.5. The molecule has 0 radical (unpaired) electrons. The molecule has 0 saturated carbocycles. The summed E-state index contributed by atoms with van der Waals surface area (Å²) in [5.41, 5.74) is 2.27. The van der Waals surface area contributed by atoms with E-state index in [0.29, 0.717) is 17.4 Å². The molecule has 4 heteroatoms. The van der Waals surface area contributed by atoms with Crippen molar-refractivity contribution in [3.05, 3.63) is 52.5 Å². The third-order valence-electron chi connectivity index (χ3n) is 3.12. The Morgan fingerprint density at radius 3 is 2.60 bits per heavy atom. The molecule has 0 heterocycles. The fourth-order valence-electron chi connectivity index (χ4n) is 2.05. The van der Waals surface area contributed by atoms with Crippen LogP contribution in [0.25, 0.3) is 0 Å². The second kappa shape index (κ2) is 6.91. The van der Waals surface area contributed by atoms with Crippen LogP contribution in [0.15, 0.2) is 41.3 Å². The number of benzene rings is 2. The summed E-state index contributed by atoms with van der Waals surface area (Å²) in [5.74, 6) is 1.49. The first-order valence-corrected chi connectivity index (χ1v) is 7.24. The average Bonchev–Trinajstić information content (AvgIpc) is 2.46. The maximum absolute atomic E-state index is 6.14. The molecular formula is C16H17ClO2S. The van der Waals surface area contributed by atoms with E-state index in [0.717, 1.165) is 22.6 Å². The molecule has 2 aromatic rings. The van der Waals surface area contributed by atoms with Crippen molar-refractivity contribution in [1.82, 2.24) is 0 Å². The molecule has 106 valence electrons. The predicted molar refractivity (Wildman–Crippen MR) is 85.4 cm³/mol. The van der Waals surface area contributed by atoms with Crippen molar-refractivity contribution in [2.45, 2.75) is 24.8 Å². The third-order valence-corrected chi connectivity index (χ3v) is 3.69. The van der Waals surface area contributed by atoms with Crippen molar-refractivity contribution in [2.75, 3.05) is 7.11 Å². The highest BCUT2D eigenvalue weighted by Gasteiger charge is 2.10. The zero-order valence-corrected chi connectivity index (χ0v) is 13.2. The van der Waals surface area contributed by atoms with E-state index in [2.05, 4.69) is 25.6 Å². The normalized spacial score (nSPS) is 10.4. The molecule has 0 saturated heterocycles. The van der Waals surface area contributed by atoms with E-state index in [-0.39, 0.29) is 0 Å². The summed E-state index contributed by atoms with van der Waals surface area (Å²) < 4.78 is 11.2. The third kappa shape index (κ3) is 3.41. The van der Waals surface area contributed by atoms with E-state index in [9.17, 15) is 0 Å².